The second-order valence-electron chi connectivity index (χ2n) is 5.01. The van der Waals surface area contributed by atoms with Crippen molar-refractivity contribution in [2.75, 3.05) is 18.5 Å². The maximum absolute atomic E-state index is 5.76. The summed E-state index contributed by atoms with van der Waals surface area (Å²) in [6.45, 7) is 1.80. The van der Waals surface area contributed by atoms with Gasteiger partial charge in [-0.15, -0.1) is 0 Å². The maximum atomic E-state index is 5.76. The van der Waals surface area contributed by atoms with Gasteiger partial charge in [0.05, 0.1) is 6.10 Å². The first-order valence-electron chi connectivity index (χ1n) is 6.87. The Kier molecular flexibility index (Phi) is 4.04. The lowest BCUT2D eigenvalue weighted by atomic mass is 10.1. The molecule has 0 aliphatic carbocycles. The number of anilines is 1. The maximum Gasteiger partial charge on any atom is 0.0747 e. The third-order valence-corrected chi connectivity index (χ3v) is 4.36. The number of hydrogen-bond acceptors (Lipinski definition) is 2. The largest absolute Gasteiger partial charge is 0.382 e. The molecular weight excluding hydrogens is 302 g/mol. The van der Waals surface area contributed by atoms with Crippen LogP contribution in [0.2, 0.25) is 0 Å². The van der Waals surface area contributed by atoms with Crippen molar-refractivity contribution < 1.29 is 4.74 Å². The fraction of sp³-hybridized carbons (Fsp3) is 0.375. The van der Waals surface area contributed by atoms with Gasteiger partial charge in [-0.25, -0.2) is 0 Å². The van der Waals surface area contributed by atoms with E-state index in [0.717, 1.165) is 17.6 Å². The van der Waals surface area contributed by atoms with Crippen LogP contribution in [-0.2, 0) is 4.74 Å². The van der Waals surface area contributed by atoms with E-state index in [1.165, 1.54) is 35.7 Å². The average Bonchev–Trinajstić information content (AvgIpc) is 2.48. The van der Waals surface area contributed by atoms with Gasteiger partial charge in [0.1, 0.15) is 0 Å². The Bertz CT molecular complexity index is 564. The minimum Gasteiger partial charge on any atom is -0.382 e. The highest BCUT2D eigenvalue weighted by atomic mass is 79.9. The minimum atomic E-state index is 0.358. The van der Waals surface area contributed by atoms with E-state index in [1.807, 2.05) is 0 Å². The van der Waals surface area contributed by atoms with E-state index in [-0.39, 0.29) is 0 Å². The summed E-state index contributed by atoms with van der Waals surface area (Å²) in [7, 11) is 0. The molecule has 0 aromatic heterocycles. The van der Waals surface area contributed by atoms with Crippen LogP contribution in [0, 0.1) is 0 Å². The van der Waals surface area contributed by atoms with Crippen LogP contribution in [0.25, 0.3) is 10.8 Å². The first kappa shape index (κ1) is 12.9. The van der Waals surface area contributed by atoms with Gasteiger partial charge in [-0.2, -0.15) is 0 Å². The molecule has 1 aliphatic rings. The monoisotopic (exact) mass is 319 g/mol. The van der Waals surface area contributed by atoms with E-state index in [1.54, 1.807) is 0 Å². The van der Waals surface area contributed by atoms with E-state index in [9.17, 15) is 0 Å². The summed E-state index contributed by atoms with van der Waals surface area (Å²) in [5.41, 5.74) is 1.19. The number of hydrogen-bond donors (Lipinski definition) is 1. The molecule has 0 amide bonds. The SMILES string of the molecule is Brc1ccc(NCC2CCCCO2)c2ccccc12. The van der Waals surface area contributed by atoms with Gasteiger partial charge in [0.2, 0.25) is 0 Å². The topological polar surface area (TPSA) is 21.3 Å². The fourth-order valence-corrected chi connectivity index (χ4v) is 3.09. The van der Waals surface area contributed by atoms with Crippen LogP contribution >= 0.6 is 15.9 Å². The zero-order valence-corrected chi connectivity index (χ0v) is 12.4. The van der Waals surface area contributed by atoms with Crippen molar-refractivity contribution in [3.63, 3.8) is 0 Å². The highest BCUT2D eigenvalue weighted by molar-refractivity contribution is 9.10. The van der Waals surface area contributed by atoms with Crippen molar-refractivity contribution in [3.8, 4) is 0 Å². The molecule has 19 heavy (non-hydrogen) atoms. The number of halogens is 1. The number of nitrogens with one attached hydrogen (secondary N) is 1. The molecule has 2 aromatic rings. The van der Waals surface area contributed by atoms with Gasteiger partial charge in [-0.05, 0) is 36.8 Å². The molecule has 0 saturated carbocycles. The van der Waals surface area contributed by atoms with E-state index < -0.39 is 0 Å². The Morgan fingerprint density at radius 3 is 2.74 bits per heavy atom. The minimum absolute atomic E-state index is 0.358. The zero-order valence-electron chi connectivity index (χ0n) is 10.9. The van der Waals surface area contributed by atoms with Crippen molar-refractivity contribution >= 4 is 32.4 Å². The van der Waals surface area contributed by atoms with Crippen LogP contribution in [0.4, 0.5) is 5.69 Å². The first-order valence-corrected chi connectivity index (χ1v) is 7.66. The van der Waals surface area contributed by atoms with Crippen LogP contribution in [0.15, 0.2) is 40.9 Å². The lowest BCUT2D eigenvalue weighted by Gasteiger charge is -2.23. The molecule has 100 valence electrons. The molecule has 0 bridgehead atoms. The molecule has 3 rings (SSSR count). The van der Waals surface area contributed by atoms with Crippen molar-refractivity contribution in [2.45, 2.75) is 25.4 Å². The predicted octanol–water partition coefficient (Wildman–Crippen LogP) is 4.58. The number of ether oxygens (including phenoxy) is 1. The average molecular weight is 320 g/mol. The molecule has 2 nitrogen and oxygen atoms in total. The zero-order chi connectivity index (χ0) is 13.1. The van der Waals surface area contributed by atoms with E-state index in [4.69, 9.17) is 4.74 Å². The Morgan fingerprint density at radius 1 is 1.11 bits per heavy atom. The summed E-state index contributed by atoms with van der Waals surface area (Å²) in [6.07, 6.45) is 4.02. The molecule has 0 radical (unpaired) electrons. The Balaban J connectivity index is 1.79. The normalized spacial score (nSPS) is 19.5. The summed E-state index contributed by atoms with van der Waals surface area (Å²) < 4.78 is 6.90. The van der Waals surface area contributed by atoms with Gasteiger partial charge in [0, 0.05) is 28.7 Å². The van der Waals surface area contributed by atoms with Gasteiger partial charge in [-0.1, -0.05) is 40.2 Å². The van der Waals surface area contributed by atoms with E-state index in [2.05, 4.69) is 57.6 Å². The van der Waals surface area contributed by atoms with Gasteiger partial charge in [0.15, 0.2) is 0 Å². The van der Waals surface area contributed by atoms with Crippen molar-refractivity contribution in [1.29, 1.82) is 0 Å². The van der Waals surface area contributed by atoms with Crippen LogP contribution < -0.4 is 5.32 Å². The van der Waals surface area contributed by atoms with E-state index >= 15 is 0 Å². The van der Waals surface area contributed by atoms with Crippen molar-refractivity contribution in [1.82, 2.24) is 0 Å². The summed E-state index contributed by atoms with van der Waals surface area (Å²) in [5.74, 6) is 0. The summed E-state index contributed by atoms with van der Waals surface area (Å²) in [4.78, 5) is 0. The van der Waals surface area contributed by atoms with E-state index in [0.29, 0.717) is 6.10 Å². The van der Waals surface area contributed by atoms with Gasteiger partial charge < -0.3 is 10.1 Å². The fourth-order valence-electron chi connectivity index (χ4n) is 2.61. The Hall–Kier alpha value is -1.06. The molecule has 1 aliphatic heterocycles. The highest BCUT2D eigenvalue weighted by Gasteiger charge is 2.13. The molecule has 1 unspecified atom stereocenters. The van der Waals surface area contributed by atoms with Gasteiger partial charge >= 0.3 is 0 Å². The molecular formula is C16H18BrNO. The molecule has 1 saturated heterocycles. The Morgan fingerprint density at radius 2 is 1.95 bits per heavy atom. The first-order chi connectivity index (χ1) is 9.34. The number of fused-ring (bicyclic) bond motifs is 1. The summed E-state index contributed by atoms with van der Waals surface area (Å²) in [6, 6.07) is 12.7. The quantitative estimate of drug-likeness (QED) is 0.893. The molecule has 1 atom stereocenters. The van der Waals surface area contributed by atoms with Crippen molar-refractivity contribution in [3.05, 3.63) is 40.9 Å². The molecule has 1 heterocycles. The van der Waals surface area contributed by atoms with Crippen LogP contribution in [0.3, 0.4) is 0 Å². The van der Waals surface area contributed by atoms with Crippen LogP contribution in [0.5, 0.6) is 0 Å². The predicted molar refractivity (Wildman–Crippen MR) is 83.7 cm³/mol. The third-order valence-electron chi connectivity index (χ3n) is 3.67. The Labute approximate surface area is 122 Å². The van der Waals surface area contributed by atoms with Gasteiger partial charge in [0.25, 0.3) is 0 Å². The molecule has 1 N–H and O–H groups in total. The molecule has 1 fully saturated rings. The van der Waals surface area contributed by atoms with Crippen LogP contribution in [-0.4, -0.2) is 19.3 Å². The second-order valence-corrected chi connectivity index (χ2v) is 5.86. The van der Waals surface area contributed by atoms with Gasteiger partial charge in [-0.3, -0.25) is 0 Å². The smallest absolute Gasteiger partial charge is 0.0747 e. The van der Waals surface area contributed by atoms with Crippen LogP contribution in [0.1, 0.15) is 19.3 Å². The van der Waals surface area contributed by atoms with Crippen molar-refractivity contribution in [2.24, 2.45) is 0 Å². The summed E-state index contributed by atoms with van der Waals surface area (Å²) in [5, 5.41) is 6.04. The number of rotatable bonds is 3. The lowest BCUT2D eigenvalue weighted by molar-refractivity contribution is 0.0248. The third kappa shape index (κ3) is 2.93. The lowest BCUT2D eigenvalue weighted by Crippen LogP contribution is -2.27. The highest BCUT2D eigenvalue weighted by Crippen LogP contribution is 2.30. The second kappa shape index (κ2) is 5.93. The standard InChI is InChI=1S/C16H18BrNO/c17-15-8-9-16(14-7-2-1-6-13(14)15)18-11-12-5-3-4-10-19-12/h1-2,6-9,12,18H,3-5,10-11H2. The molecule has 3 heteroatoms. The summed E-state index contributed by atoms with van der Waals surface area (Å²) >= 11 is 3.61. The number of benzene rings is 2. The molecule has 2 aromatic carbocycles. The molecule has 0 spiro atoms.